The second-order valence-electron chi connectivity index (χ2n) is 6.12. The number of benzene rings is 2. The molecule has 0 spiro atoms. The summed E-state index contributed by atoms with van der Waals surface area (Å²) in [7, 11) is 0. The van der Waals surface area contributed by atoms with Crippen LogP contribution in [0.3, 0.4) is 0 Å². The summed E-state index contributed by atoms with van der Waals surface area (Å²) in [5.41, 5.74) is 5.77. The normalized spacial score (nSPS) is 12.4. The molecule has 0 radical (unpaired) electrons. The molecule has 2 nitrogen and oxygen atoms in total. The van der Waals surface area contributed by atoms with Gasteiger partial charge in [0, 0.05) is 11.3 Å². The molecule has 0 aliphatic heterocycles. The van der Waals surface area contributed by atoms with Gasteiger partial charge >= 0.3 is 0 Å². The van der Waals surface area contributed by atoms with E-state index in [-0.39, 0.29) is 5.56 Å². The van der Waals surface area contributed by atoms with E-state index in [0.29, 0.717) is 11.3 Å². The van der Waals surface area contributed by atoms with Crippen molar-refractivity contribution in [2.45, 2.75) is 27.7 Å². The Kier molecular flexibility index (Phi) is 5.67. The quantitative estimate of drug-likeness (QED) is 0.505. The molecule has 0 aliphatic rings. The van der Waals surface area contributed by atoms with Crippen LogP contribution in [0.25, 0.3) is 11.3 Å². The van der Waals surface area contributed by atoms with E-state index < -0.39 is 5.82 Å². The lowest BCUT2D eigenvalue weighted by Gasteiger charge is -2.12. The summed E-state index contributed by atoms with van der Waals surface area (Å²) < 4.78 is 14.6. The topological polar surface area (TPSA) is 36.1 Å². The van der Waals surface area contributed by atoms with Crippen molar-refractivity contribution in [3.8, 4) is 6.07 Å². The maximum atomic E-state index is 14.6. The van der Waals surface area contributed by atoms with E-state index in [1.807, 2.05) is 58.0 Å². The first-order valence-corrected chi connectivity index (χ1v) is 8.02. The molecule has 126 valence electrons. The Morgan fingerprint density at radius 3 is 2.24 bits per heavy atom. The van der Waals surface area contributed by atoms with Crippen LogP contribution >= 0.6 is 0 Å². The molecule has 0 aliphatic carbocycles. The Balaban J connectivity index is 2.72. The molecule has 0 atom stereocenters. The zero-order chi connectivity index (χ0) is 18.6. The summed E-state index contributed by atoms with van der Waals surface area (Å²) in [4.78, 5) is 4.64. The molecule has 0 heterocycles. The number of hydrogen-bond donors (Lipinski definition) is 0. The molecule has 2 aromatic carbocycles. The smallest absolute Gasteiger partial charge is 0.133 e. The van der Waals surface area contributed by atoms with Crippen molar-refractivity contribution in [2.24, 2.45) is 4.99 Å². The largest absolute Gasteiger partial charge is 0.252 e. The number of allylic oxidation sites excluding steroid dienone is 2. The van der Waals surface area contributed by atoms with Gasteiger partial charge in [0.15, 0.2) is 0 Å². The Labute approximate surface area is 148 Å². The Morgan fingerprint density at radius 1 is 1.08 bits per heavy atom. The third kappa shape index (κ3) is 4.30. The van der Waals surface area contributed by atoms with Gasteiger partial charge in [-0.1, -0.05) is 36.4 Å². The van der Waals surface area contributed by atoms with Crippen LogP contribution < -0.4 is 0 Å². The van der Waals surface area contributed by atoms with Gasteiger partial charge in [0.25, 0.3) is 0 Å². The van der Waals surface area contributed by atoms with E-state index in [0.717, 1.165) is 28.0 Å². The summed E-state index contributed by atoms with van der Waals surface area (Å²) in [5, 5.41) is 8.96. The minimum absolute atomic E-state index is 0.286. The standard InChI is InChI=1S/C22H21FN2/c1-14(2)17(5)25-22(16(4)19-9-6-15(3)7-10-19)20-11-8-18(13-24)12-21(20)23/h6-12H,1H2,2-5H3/b22-16+,25-17-. The van der Waals surface area contributed by atoms with Gasteiger partial charge in [-0.15, -0.1) is 0 Å². The van der Waals surface area contributed by atoms with Crippen molar-refractivity contribution in [1.82, 2.24) is 0 Å². The fourth-order valence-corrected chi connectivity index (χ4v) is 2.33. The molecule has 0 N–H and O–H groups in total. The second kappa shape index (κ2) is 7.72. The molecule has 0 aromatic heterocycles. The third-order valence-corrected chi connectivity index (χ3v) is 4.09. The lowest BCUT2D eigenvalue weighted by Crippen LogP contribution is -1.98. The molecule has 0 bridgehead atoms. The van der Waals surface area contributed by atoms with Gasteiger partial charge in [0.05, 0.1) is 17.3 Å². The fraction of sp³-hybridized carbons (Fsp3) is 0.182. The van der Waals surface area contributed by atoms with Gasteiger partial charge in [-0.25, -0.2) is 4.39 Å². The number of nitriles is 1. The average molecular weight is 332 g/mol. The van der Waals surface area contributed by atoms with E-state index in [1.54, 1.807) is 12.1 Å². The fourth-order valence-electron chi connectivity index (χ4n) is 2.33. The van der Waals surface area contributed by atoms with Gasteiger partial charge in [0.1, 0.15) is 5.82 Å². The van der Waals surface area contributed by atoms with Crippen LogP contribution in [0.4, 0.5) is 4.39 Å². The van der Waals surface area contributed by atoms with Gasteiger partial charge in [-0.3, -0.25) is 4.99 Å². The van der Waals surface area contributed by atoms with Crippen LogP contribution in [0.1, 0.15) is 43.0 Å². The Morgan fingerprint density at radius 2 is 1.72 bits per heavy atom. The molecule has 0 fully saturated rings. The van der Waals surface area contributed by atoms with Crippen LogP contribution in [-0.4, -0.2) is 5.71 Å². The number of hydrogen-bond acceptors (Lipinski definition) is 2. The highest BCUT2D eigenvalue weighted by molar-refractivity contribution is 6.03. The molecule has 0 amide bonds. The maximum absolute atomic E-state index is 14.6. The summed E-state index contributed by atoms with van der Waals surface area (Å²) >= 11 is 0. The minimum Gasteiger partial charge on any atom is -0.252 e. The first-order valence-electron chi connectivity index (χ1n) is 8.02. The van der Waals surface area contributed by atoms with Crippen molar-refractivity contribution >= 4 is 17.0 Å². The summed E-state index contributed by atoms with van der Waals surface area (Å²) in [5.74, 6) is -0.459. The second-order valence-corrected chi connectivity index (χ2v) is 6.12. The number of aryl methyl sites for hydroxylation is 1. The van der Waals surface area contributed by atoms with Crippen LogP contribution in [0, 0.1) is 24.1 Å². The molecule has 25 heavy (non-hydrogen) atoms. The van der Waals surface area contributed by atoms with Gasteiger partial charge in [0.2, 0.25) is 0 Å². The van der Waals surface area contributed by atoms with Crippen molar-refractivity contribution in [1.29, 1.82) is 5.26 Å². The molecular weight excluding hydrogens is 311 g/mol. The first-order chi connectivity index (χ1) is 11.8. The summed E-state index contributed by atoms with van der Waals surface area (Å²) in [6.07, 6.45) is 0. The first kappa shape index (κ1) is 18.4. The van der Waals surface area contributed by atoms with Gasteiger partial charge in [-0.05, 0) is 62.6 Å². The van der Waals surface area contributed by atoms with Crippen LogP contribution in [0.15, 0.2) is 59.6 Å². The van der Waals surface area contributed by atoms with E-state index in [1.165, 1.54) is 6.07 Å². The summed E-state index contributed by atoms with van der Waals surface area (Å²) in [6.45, 7) is 11.6. The lowest BCUT2D eigenvalue weighted by atomic mass is 9.99. The van der Waals surface area contributed by atoms with Crippen molar-refractivity contribution < 1.29 is 4.39 Å². The molecule has 2 aromatic rings. The average Bonchev–Trinajstić information content (AvgIpc) is 2.59. The zero-order valence-electron chi connectivity index (χ0n) is 15.0. The van der Waals surface area contributed by atoms with Crippen LogP contribution in [-0.2, 0) is 0 Å². The molecule has 0 saturated heterocycles. The summed E-state index contributed by atoms with van der Waals surface area (Å²) in [6, 6.07) is 14.4. The molecule has 2 rings (SSSR count). The van der Waals surface area contributed by atoms with Crippen molar-refractivity contribution in [3.05, 3.63) is 82.7 Å². The number of rotatable bonds is 4. The van der Waals surface area contributed by atoms with Crippen LogP contribution in [0.2, 0.25) is 0 Å². The predicted octanol–water partition coefficient (Wildman–Crippen LogP) is 5.93. The monoisotopic (exact) mass is 332 g/mol. The van der Waals surface area contributed by atoms with Crippen LogP contribution in [0.5, 0.6) is 0 Å². The molecular formula is C22H21FN2. The van der Waals surface area contributed by atoms with E-state index in [9.17, 15) is 4.39 Å². The lowest BCUT2D eigenvalue weighted by molar-refractivity contribution is 0.623. The number of aliphatic imine (C=N–C) groups is 1. The maximum Gasteiger partial charge on any atom is 0.133 e. The van der Waals surface area contributed by atoms with E-state index in [2.05, 4.69) is 11.6 Å². The van der Waals surface area contributed by atoms with Crippen molar-refractivity contribution in [2.75, 3.05) is 0 Å². The molecule has 3 heteroatoms. The highest BCUT2D eigenvalue weighted by Gasteiger charge is 2.13. The highest BCUT2D eigenvalue weighted by Crippen LogP contribution is 2.30. The SMILES string of the molecule is C=C(C)/C(C)=N\C(=C(/C)c1ccc(C)cc1)c1ccc(C#N)cc1F. The van der Waals surface area contributed by atoms with Gasteiger partial charge < -0.3 is 0 Å². The molecule has 0 saturated carbocycles. The van der Waals surface area contributed by atoms with Crippen molar-refractivity contribution in [3.63, 3.8) is 0 Å². The third-order valence-electron chi connectivity index (χ3n) is 4.09. The highest BCUT2D eigenvalue weighted by atomic mass is 19.1. The van der Waals surface area contributed by atoms with E-state index >= 15 is 0 Å². The predicted molar refractivity (Wildman–Crippen MR) is 103 cm³/mol. The number of nitrogens with zero attached hydrogens (tertiary/aromatic N) is 2. The zero-order valence-corrected chi connectivity index (χ0v) is 15.0. The Bertz CT molecular complexity index is 910. The van der Waals surface area contributed by atoms with Gasteiger partial charge in [-0.2, -0.15) is 5.26 Å². The van der Waals surface area contributed by atoms with E-state index in [4.69, 9.17) is 5.26 Å². The minimum atomic E-state index is -0.459. The Hall–Kier alpha value is -2.99. The number of halogens is 1. The molecule has 0 unspecified atom stereocenters.